The van der Waals surface area contributed by atoms with Crippen molar-refractivity contribution in [2.24, 2.45) is 0 Å². The maximum Gasteiger partial charge on any atom is 0.338 e. The van der Waals surface area contributed by atoms with Crippen molar-refractivity contribution >= 4 is 45.9 Å². The molecular weight excluding hydrogens is 469 g/mol. The molecule has 1 aromatic rings. The Bertz CT molecular complexity index is 804. The molecule has 26 heavy (non-hydrogen) atoms. The predicted octanol–water partition coefficient (Wildman–Crippen LogP) is 2.56. The van der Waals surface area contributed by atoms with E-state index in [1.165, 1.54) is 7.11 Å². The standard InChI is InChI=1S/C17H18IN3O4S/c1-4-24-16(22)13-9(2)20-17(26)21-14(13)10-7-11(18)15(25-6-5-19)12(8-10)23-3/h7-8,14H,4,6H2,1-3H3,(H2,20,21,26). The molecule has 0 saturated carbocycles. The molecule has 0 amide bonds. The highest BCUT2D eigenvalue weighted by molar-refractivity contribution is 14.1. The van der Waals surface area contributed by atoms with Crippen molar-refractivity contribution in [2.45, 2.75) is 19.9 Å². The molecule has 2 N–H and O–H groups in total. The first kappa shape index (κ1) is 20.3. The number of nitriles is 1. The molecule has 0 aliphatic carbocycles. The summed E-state index contributed by atoms with van der Waals surface area (Å²) in [6, 6.07) is 5.05. The van der Waals surface area contributed by atoms with Crippen LogP contribution in [-0.2, 0) is 9.53 Å². The first-order valence-corrected chi connectivity index (χ1v) is 9.24. The van der Waals surface area contributed by atoms with Crippen LogP contribution in [0.3, 0.4) is 0 Å². The summed E-state index contributed by atoms with van der Waals surface area (Å²) < 4.78 is 16.8. The summed E-state index contributed by atoms with van der Waals surface area (Å²) in [6.07, 6.45) is 0. The molecule has 7 nitrogen and oxygen atoms in total. The molecule has 9 heteroatoms. The number of thiocarbonyl (C=S) groups is 1. The Kier molecular flexibility index (Phi) is 7.05. The number of ether oxygens (including phenoxy) is 3. The van der Waals surface area contributed by atoms with E-state index in [4.69, 9.17) is 31.7 Å². The fourth-order valence-corrected chi connectivity index (χ4v) is 3.63. The number of allylic oxidation sites excluding steroid dienone is 1. The molecule has 0 bridgehead atoms. The lowest BCUT2D eigenvalue weighted by molar-refractivity contribution is -0.139. The summed E-state index contributed by atoms with van der Waals surface area (Å²) in [5.74, 6) is 0.527. The Morgan fingerprint density at radius 1 is 1.46 bits per heavy atom. The highest BCUT2D eigenvalue weighted by Gasteiger charge is 2.32. The van der Waals surface area contributed by atoms with Gasteiger partial charge in [0.2, 0.25) is 0 Å². The minimum Gasteiger partial charge on any atom is -0.493 e. The smallest absolute Gasteiger partial charge is 0.338 e. The Labute approximate surface area is 170 Å². The lowest BCUT2D eigenvalue weighted by Gasteiger charge is -2.30. The van der Waals surface area contributed by atoms with Crippen LogP contribution in [0.5, 0.6) is 11.5 Å². The van der Waals surface area contributed by atoms with E-state index in [-0.39, 0.29) is 13.2 Å². The Morgan fingerprint density at radius 3 is 2.81 bits per heavy atom. The number of halogens is 1. The molecule has 1 heterocycles. The zero-order valence-corrected chi connectivity index (χ0v) is 17.5. The first-order chi connectivity index (χ1) is 12.4. The van der Waals surface area contributed by atoms with Crippen molar-refractivity contribution in [1.29, 1.82) is 5.26 Å². The third-order valence-electron chi connectivity index (χ3n) is 3.63. The molecule has 2 rings (SSSR count). The van der Waals surface area contributed by atoms with E-state index in [1.807, 2.05) is 12.1 Å². The van der Waals surface area contributed by atoms with Gasteiger partial charge in [0.15, 0.2) is 23.2 Å². The summed E-state index contributed by atoms with van der Waals surface area (Å²) >= 11 is 7.34. The van der Waals surface area contributed by atoms with Crippen molar-refractivity contribution in [2.75, 3.05) is 20.3 Å². The normalized spacial score (nSPS) is 16.3. The van der Waals surface area contributed by atoms with Crippen LogP contribution in [0.15, 0.2) is 23.4 Å². The molecule has 0 spiro atoms. The SMILES string of the molecule is CCOC(=O)C1=C(C)NC(=S)NC1c1cc(I)c(OCC#N)c(OC)c1. The Balaban J connectivity index is 2.52. The molecule has 1 aromatic carbocycles. The van der Waals surface area contributed by atoms with Crippen LogP contribution < -0.4 is 20.1 Å². The largest absolute Gasteiger partial charge is 0.493 e. The Hall–Kier alpha value is -2.06. The van der Waals surface area contributed by atoms with Crippen molar-refractivity contribution in [3.05, 3.63) is 32.5 Å². The van der Waals surface area contributed by atoms with Gasteiger partial charge in [0.1, 0.15) is 6.07 Å². The number of nitrogens with one attached hydrogen (secondary N) is 2. The van der Waals surface area contributed by atoms with Crippen molar-refractivity contribution in [3.63, 3.8) is 0 Å². The van der Waals surface area contributed by atoms with Gasteiger partial charge < -0.3 is 24.8 Å². The quantitative estimate of drug-likeness (QED) is 0.360. The summed E-state index contributed by atoms with van der Waals surface area (Å²) in [5, 5.41) is 15.2. The summed E-state index contributed by atoms with van der Waals surface area (Å²) in [7, 11) is 1.52. The van der Waals surface area contributed by atoms with Crippen LogP contribution in [0.25, 0.3) is 0 Å². The molecule has 0 aromatic heterocycles. The Morgan fingerprint density at radius 2 is 2.19 bits per heavy atom. The number of hydrogen-bond donors (Lipinski definition) is 2. The maximum absolute atomic E-state index is 12.4. The first-order valence-electron chi connectivity index (χ1n) is 7.75. The van der Waals surface area contributed by atoms with Gasteiger partial charge in [0, 0.05) is 5.70 Å². The highest BCUT2D eigenvalue weighted by Crippen LogP contribution is 2.38. The van der Waals surface area contributed by atoms with Gasteiger partial charge in [-0.3, -0.25) is 0 Å². The van der Waals surface area contributed by atoms with E-state index < -0.39 is 12.0 Å². The molecule has 138 valence electrons. The van der Waals surface area contributed by atoms with Gasteiger partial charge in [-0.15, -0.1) is 0 Å². The van der Waals surface area contributed by atoms with Gasteiger partial charge in [-0.1, -0.05) is 0 Å². The van der Waals surface area contributed by atoms with E-state index in [2.05, 4.69) is 33.2 Å². The number of carbonyl (C=O) groups is 1. The van der Waals surface area contributed by atoms with Crippen LogP contribution in [0, 0.1) is 14.9 Å². The number of esters is 1. The second-order valence-corrected chi connectivity index (χ2v) is 6.84. The summed E-state index contributed by atoms with van der Waals surface area (Å²) in [4.78, 5) is 12.4. The van der Waals surface area contributed by atoms with Crippen LogP contribution in [0.4, 0.5) is 0 Å². The number of carbonyl (C=O) groups excluding carboxylic acids is 1. The minimum atomic E-state index is -0.491. The number of hydrogen-bond acceptors (Lipinski definition) is 6. The monoisotopic (exact) mass is 487 g/mol. The van der Waals surface area contributed by atoms with Gasteiger partial charge in [0.25, 0.3) is 0 Å². The van der Waals surface area contributed by atoms with Gasteiger partial charge in [-0.2, -0.15) is 5.26 Å². The van der Waals surface area contributed by atoms with Crippen molar-refractivity contribution in [1.82, 2.24) is 10.6 Å². The number of methoxy groups -OCH3 is 1. The summed E-state index contributed by atoms with van der Waals surface area (Å²) in [5.41, 5.74) is 1.85. The second-order valence-electron chi connectivity index (χ2n) is 5.27. The third-order valence-corrected chi connectivity index (χ3v) is 4.65. The molecule has 0 radical (unpaired) electrons. The van der Waals surface area contributed by atoms with Crippen LogP contribution >= 0.6 is 34.8 Å². The molecule has 1 unspecified atom stereocenters. The fraction of sp³-hybridized carbons (Fsp3) is 0.353. The van der Waals surface area contributed by atoms with Gasteiger partial charge >= 0.3 is 5.97 Å². The van der Waals surface area contributed by atoms with Gasteiger partial charge in [-0.25, -0.2) is 4.79 Å². The molecule has 1 aliphatic rings. The average Bonchev–Trinajstić information content (AvgIpc) is 2.59. The highest BCUT2D eigenvalue weighted by atomic mass is 127. The van der Waals surface area contributed by atoms with E-state index in [0.717, 1.165) is 9.13 Å². The topological polar surface area (TPSA) is 92.6 Å². The zero-order valence-electron chi connectivity index (χ0n) is 14.5. The van der Waals surface area contributed by atoms with E-state index in [0.29, 0.717) is 27.9 Å². The maximum atomic E-state index is 12.4. The zero-order chi connectivity index (χ0) is 19.3. The molecule has 0 saturated heterocycles. The van der Waals surface area contributed by atoms with Crippen molar-refractivity contribution in [3.8, 4) is 17.6 Å². The van der Waals surface area contributed by atoms with Gasteiger partial charge in [0.05, 0.1) is 28.9 Å². The van der Waals surface area contributed by atoms with E-state index in [1.54, 1.807) is 19.9 Å². The summed E-state index contributed by atoms with van der Waals surface area (Å²) in [6.45, 7) is 3.71. The number of benzene rings is 1. The van der Waals surface area contributed by atoms with E-state index >= 15 is 0 Å². The van der Waals surface area contributed by atoms with Gasteiger partial charge in [-0.05, 0) is 66.4 Å². The molecule has 1 aliphatic heterocycles. The minimum absolute atomic E-state index is 0.0888. The molecular formula is C17H18IN3O4S. The van der Waals surface area contributed by atoms with Crippen molar-refractivity contribution < 1.29 is 19.0 Å². The van der Waals surface area contributed by atoms with Crippen LogP contribution in [0.2, 0.25) is 0 Å². The third kappa shape index (κ3) is 4.37. The predicted molar refractivity (Wildman–Crippen MR) is 108 cm³/mol. The molecule has 1 atom stereocenters. The number of nitrogens with zero attached hydrogens (tertiary/aromatic N) is 1. The lowest BCUT2D eigenvalue weighted by Crippen LogP contribution is -2.45. The van der Waals surface area contributed by atoms with Crippen LogP contribution in [-0.4, -0.2) is 31.4 Å². The number of rotatable bonds is 6. The van der Waals surface area contributed by atoms with Crippen LogP contribution in [0.1, 0.15) is 25.5 Å². The fourth-order valence-electron chi connectivity index (χ4n) is 2.57. The van der Waals surface area contributed by atoms with E-state index in [9.17, 15) is 4.79 Å². The second kappa shape index (κ2) is 9.05. The average molecular weight is 487 g/mol. The lowest BCUT2D eigenvalue weighted by atomic mass is 9.95. The molecule has 0 fully saturated rings.